The Bertz CT molecular complexity index is 645. The summed E-state index contributed by atoms with van der Waals surface area (Å²) in [5.74, 6) is -0.396. The molecule has 1 aliphatic rings. The van der Waals surface area contributed by atoms with E-state index in [-0.39, 0.29) is 36.3 Å². The van der Waals surface area contributed by atoms with E-state index in [1.807, 2.05) is 20.8 Å². The molecular formula is C20H31FN4O2. The van der Waals surface area contributed by atoms with Crippen molar-refractivity contribution < 1.29 is 14.0 Å². The number of halogens is 1. The lowest BCUT2D eigenvalue weighted by molar-refractivity contribution is -0.124. The highest BCUT2D eigenvalue weighted by Gasteiger charge is 2.20. The zero-order valence-electron chi connectivity index (χ0n) is 16.6. The van der Waals surface area contributed by atoms with E-state index < -0.39 is 0 Å². The van der Waals surface area contributed by atoms with Crippen LogP contribution in [-0.4, -0.2) is 66.4 Å². The molecule has 2 rings (SSSR count). The second-order valence-electron chi connectivity index (χ2n) is 8.07. The third kappa shape index (κ3) is 8.05. The fraction of sp³-hybridized carbons (Fsp3) is 0.600. The molecule has 1 saturated heterocycles. The SMILES string of the molecule is CC(C)(C)NC(=O)CN1CCCN(CC(=O)NCc2ccccc2F)CC1. The molecule has 0 saturated carbocycles. The Kier molecular flexibility index (Phi) is 7.74. The third-order valence-corrected chi connectivity index (χ3v) is 4.36. The second kappa shape index (κ2) is 9.80. The molecule has 0 unspecified atom stereocenters. The molecule has 0 aliphatic carbocycles. The zero-order valence-corrected chi connectivity index (χ0v) is 16.6. The van der Waals surface area contributed by atoms with Crippen molar-refractivity contribution in [3.8, 4) is 0 Å². The summed E-state index contributed by atoms with van der Waals surface area (Å²) in [5.41, 5.74) is 0.253. The Balaban J connectivity index is 1.73. The van der Waals surface area contributed by atoms with E-state index in [1.165, 1.54) is 6.07 Å². The predicted molar refractivity (Wildman–Crippen MR) is 104 cm³/mol. The summed E-state index contributed by atoms with van der Waals surface area (Å²) in [6.45, 7) is 9.89. The minimum absolute atomic E-state index is 0.0265. The average molecular weight is 378 g/mol. The molecule has 1 heterocycles. The Hall–Kier alpha value is -1.99. The van der Waals surface area contributed by atoms with Crippen LogP contribution in [0.5, 0.6) is 0 Å². The van der Waals surface area contributed by atoms with Crippen LogP contribution in [0.25, 0.3) is 0 Å². The smallest absolute Gasteiger partial charge is 0.234 e. The van der Waals surface area contributed by atoms with E-state index >= 15 is 0 Å². The number of hydrogen-bond acceptors (Lipinski definition) is 4. The number of carbonyl (C=O) groups excluding carboxylic acids is 2. The first-order valence-corrected chi connectivity index (χ1v) is 9.49. The molecular weight excluding hydrogens is 347 g/mol. The number of benzene rings is 1. The van der Waals surface area contributed by atoms with Crippen LogP contribution in [0.15, 0.2) is 24.3 Å². The van der Waals surface area contributed by atoms with Gasteiger partial charge in [0.25, 0.3) is 0 Å². The van der Waals surface area contributed by atoms with Crippen LogP contribution in [0.1, 0.15) is 32.8 Å². The molecule has 150 valence electrons. The van der Waals surface area contributed by atoms with E-state index in [0.29, 0.717) is 12.1 Å². The standard InChI is InChI=1S/C20H31FN4O2/c1-20(2,3)23-19(27)15-25-10-6-9-24(11-12-25)14-18(26)22-13-16-7-4-5-8-17(16)21/h4-5,7-8H,6,9-15H2,1-3H3,(H,22,26)(H,23,27). The van der Waals surface area contributed by atoms with Crippen molar-refractivity contribution in [3.63, 3.8) is 0 Å². The molecule has 0 radical (unpaired) electrons. The Morgan fingerprint density at radius 3 is 2.19 bits per heavy atom. The van der Waals surface area contributed by atoms with E-state index in [0.717, 1.165) is 32.6 Å². The molecule has 27 heavy (non-hydrogen) atoms. The first-order valence-electron chi connectivity index (χ1n) is 9.49. The number of rotatable bonds is 6. The van der Waals surface area contributed by atoms with Crippen LogP contribution in [0.4, 0.5) is 4.39 Å². The van der Waals surface area contributed by atoms with Crippen LogP contribution in [0.2, 0.25) is 0 Å². The Morgan fingerprint density at radius 2 is 1.59 bits per heavy atom. The molecule has 7 heteroatoms. The molecule has 0 atom stereocenters. The minimum Gasteiger partial charge on any atom is -0.351 e. The van der Waals surface area contributed by atoms with Crippen LogP contribution in [0.3, 0.4) is 0 Å². The molecule has 0 bridgehead atoms. The van der Waals surface area contributed by atoms with Gasteiger partial charge in [0.05, 0.1) is 13.1 Å². The molecule has 6 nitrogen and oxygen atoms in total. The monoisotopic (exact) mass is 378 g/mol. The van der Waals surface area contributed by atoms with Crippen LogP contribution < -0.4 is 10.6 Å². The fourth-order valence-electron chi connectivity index (χ4n) is 3.10. The van der Waals surface area contributed by atoms with Crippen molar-refractivity contribution in [3.05, 3.63) is 35.6 Å². The summed E-state index contributed by atoms with van der Waals surface area (Å²) in [6.07, 6.45) is 0.906. The normalized spacial score (nSPS) is 16.6. The van der Waals surface area contributed by atoms with Crippen molar-refractivity contribution in [2.75, 3.05) is 39.3 Å². The van der Waals surface area contributed by atoms with Crippen LogP contribution in [0, 0.1) is 5.82 Å². The van der Waals surface area contributed by atoms with E-state index in [9.17, 15) is 14.0 Å². The van der Waals surface area contributed by atoms with Gasteiger partial charge in [0.1, 0.15) is 5.82 Å². The highest BCUT2D eigenvalue weighted by Crippen LogP contribution is 2.06. The quantitative estimate of drug-likeness (QED) is 0.785. The maximum atomic E-state index is 13.6. The summed E-state index contributed by atoms with van der Waals surface area (Å²) in [6, 6.07) is 6.44. The predicted octanol–water partition coefficient (Wildman–Crippen LogP) is 1.36. The lowest BCUT2D eigenvalue weighted by Gasteiger charge is -2.25. The summed E-state index contributed by atoms with van der Waals surface area (Å²) in [4.78, 5) is 28.5. The molecule has 1 aromatic carbocycles. The summed E-state index contributed by atoms with van der Waals surface area (Å²) in [7, 11) is 0. The topological polar surface area (TPSA) is 64.7 Å². The molecule has 1 fully saturated rings. The highest BCUT2D eigenvalue weighted by molar-refractivity contribution is 5.79. The number of nitrogens with one attached hydrogen (secondary N) is 2. The largest absolute Gasteiger partial charge is 0.351 e. The zero-order chi connectivity index (χ0) is 19.9. The van der Waals surface area contributed by atoms with Crippen molar-refractivity contribution in [1.29, 1.82) is 0 Å². The number of nitrogens with zero attached hydrogens (tertiary/aromatic N) is 2. The van der Waals surface area contributed by atoms with Crippen molar-refractivity contribution in [2.45, 2.75) is 39.3 Å². The van der Waals surface area contributed by atoms with Gasteiger partial charge in [0.2, 0.25) is 11.8 Å². The van der Waals surface area contributed by atoms with Gasteiger partial charge in [-0.2, -0.15) is 0 Å². The molecule has 2 amide bonds. The van der Waals surface area contributed by atoms with Crippen molar-refractivity contribution >= 4 is 11.8 Å². The molecule has 2 N–H and O–H groups in total. The van der Waals surface area contributed by atoms with Gasteiger partial charge in [-0.1, -0.05) is 18.2 Å². The second-order valence-corrected chi connectivity index (χ2v) is 8.07. The van der Waals surface area contributed by atoms with E-state index in [4.69, 9.17) is 0 Å². The van der Waals surface area contributed by atoms with Crippen molar-refractivity contribution in [1.82, 2.24) is 20.4 Å². The maximum absolute atomic E-state index is 13.6. The Labute approximate surface area is 161 Å². The van der Waals surface area contributed by atoms with Crippen molar-refractivity contribution in [2.24, 2.45) is 0 Å². The molecule has 1 aliphatic heterocycles. The Morgan fingerprint density at radius 1 is 1.00 bits per heavy atom. The van der Waals surface area contributed by atoms with Gasteiger partial charge in [-0.3, -0.25) is 19.4 Å². The van der Waals surface area contributed by atoms with Gasteiger partial charge in [-0.25, -0.2) is 4.39 Å². The number of amides is 2. The van der Waals surface area contributed by atoms with Gasteiger partial charge in [0, 0.05) is 30.7 Å². The summed E-state index contributed by atoms with van der Waals surface area (Å²) >= 11 is 0. The molecule has 0 spiro atoms. The number of carbonyl (C=O) groups is 2. The van der Waals surface area contributed by atoms with Gasteiger partial charge in [0.15, 0.2) is 0 Å². The average Bonchev–Trinajstić information content (AvgIpc) is 2.77. The van der Waals surface area contributed by atoms with Crippen LogP contribution in [-0.2, 0) is 16.1 Å². The number of hydrogen-bond donors (Lipinski definition) is 2. The third-order valence-electron chi connectivity index (χ3n) is 4.36. The fourth-order valence-corrected chi connectivity index (χ4v) is 3.10. The first kappa shape index (κ1) is 21.3. The van der Waals surface area contributed by atoms with Gasteiger partial charge < -0.3 is 10.6 Å². The highest BCUT2D eigenvalue weighted by atomic mass is 19.1. The lowest BCUT2D eigenvalue weighted by Crippen LogP contribution is -2.46. The maximum Gasteiger partial charge on any atom is 0.234 e. The van der Waals surface area contributed by atoms with Gasteiger partial charge >= 0.3 is 0 Å². The van der Waals surface area contributed by atoms with Gasteiger partial charge in [-0.05, 0) is 46.3 Å². The minimum atomic E-state index is -0.309. The van der Waals surface area contributed by atoms with E-state index in [1.54, 1.807) is 18.2 Å². The van der Waals surface area contributed by atoms with Gasteiger partial charge in [-0.15, -0.1) is 0 Å². The summed E-state index contributed by atoms with van der Waals surface area (Å²) < 4.78 is 13.6. The molecule has 1 aromatic rings. The van der Waals surface area contributed by atoms with Crippen LogP contribution >= 0.6 is 0 Å². The molecule has 0 aromatic heterocycles. The van der Waals surface area contributed by atoms with E-state index in [2.05, 4.69) is 20.4 Å². The lowest BCUT2D eigenvalue weighted by atomic mass is 10.1. The first-order chi connectivity index (χ1) is 12.7. The summed E-state index contributed by atoms with van der Waals surface area (Å²) in [5, 5.41) is 5.76.